The molecule has 0 aliphatic heterocycles. The standard InChI is InChI=1S/C12H12ClN3S/c1-14-11-6-8(9-4-5-10(13)17-9)15-12(16-11)7-2-3-7/h4-7H,2-3H2,1H3,(H,14,15,16). The van der Waals surface area contributed by atoms with Crippen LogP contribution in [0.1, 0.15) is 24.6 Å². The highest BCUT2D eigenvalue weighted by atomic mass is 35.5. The fourth-order valence-electron chi connectivity index (χ4n) is 1.70. The minimum Gasteiger partial charge on any atom is -0.373 e. The third-order valence-electron chi connectivity index (χ3n) is 2.77. The Labute approximate surface area is 109 Å². The van der Waals surface area contributed by atoms with Gasteiger partial charge in [0.2, 0.25) is 0 Å². The third kappa shape index (κ3) is 2.28. The summed E-state index contributed by atoms with van der Waals surface area (Å²) in [5.41, 5.74) is 0.961. The molecule has 0 atom stereocenters. The van der Waals surface area contributed by atoms with E-state index >= 15 is 0 Å². The summed E-state index contributed by atoms with van der Waals surface area (Å²) >= 11 is 7.51. The molecule has 3 nitrogen and oxygen atoms in total. The van der Waals surface area contributed by atoms with E-state index in [2.05, 4.69) is 15.3 Å². The van der Waals surface area contributed by atoms with Crippen LogP contribution in [0, 0.1) is 0 Å². The van der Waals surface area contributed by atoms with Gasteiger partial charge < -0.3 is 5.32 Å². The van der Waals surface area contributed by atoms with Crippen molar-refractivity contribution in [3.63, 3.8) is 0 Å². The van der Waals surface area contributed by atoms with E-state index in [-0.39, 0.29) is 0 Å². The van der Waals surface area contributed by atoms with Crippen molar-refractivity contribution in [1.82, 2.24) is 9.97 Å². The van der Waals surface area contributed by atoms with E-state index in [0.717, 1.165) is 26.5 Å². The molecule has 1 saturated carbocycles. The first-order chi connectivity index (χ1) is 8.26. The van der Waals surface area contributed by atoms with Crippen LogP contribution in [0.5, 0.6) is 0 Å². The van der Waals surface area contributed by atoms with E-state index in [1.165, 1.54) is 12.8 Å². The summed E-state index contributed by atoms with van der Waals surface area (Å²) in [6, 6.07) is 5.87. The summed E-state index contributed by atoms with van der Waals surface area (Å²) < 4.78 is 0.789. The van der Waals surface area contributed by atoms with Gasteiger partial charge in [0.1, 0.15) is 11.6 Å². The summed E-state index contributed by atoms with van der Waals surface area (Å²) in [6.07, 6.45) is 2.41. The SMILES string of the molecule is CNc1cc(-c2ccc(Cl)s2)nc(C2CC2)n1. The van der Waals surface area contributed by atoms with Gasteiger partial charge in [0, 0.05) is 19.0 Å². The summed E-state index contributed by atoms with van der Waals surface area (Å²) in [6.45, 7) is 0. The zero-order chi connectivity index (χ0) is 11.8. The van der Waals surface area contributed by atoms with Crippen molar-refractivity contribution in [2.45, 2.75) is 18.8 Å². The molecule has 2 aromatic rings. The molecule has 0 bridgehead atoms. The first kappa shape index (κ1) is 11.0. The van der Waals surface area contributed by atoms with Gasteiger partial charge in [0.05, 0.1) is 14.9 Å². The number of anilines is 1. The lowest BCUT2D eigenvalue weighted by molar-refractivity contribution is 0.933. The Hall–Kier alpha value is -1.13. The highest BCUT2D eigenvalue weighted by Crippen LogP contribution is 2.40. The van der Waals surface area contributed by atoms with Crippen LogP contribution in [0.3, 0.4) is 0 Å². The van der Waals surface area contributed by atoms with Gasteiger partial charge >= 0.3 is 0 Å². The molecule has 0 aromatic carbocycles. The monoisotopic (exact) mass is 265 g/mol. The molecule has 17 heavy (non-hydrogen) atoms. The van der Waals surface area contributed by atoms with E-state index in [1.54, 1.807) is 11.3 Å². The molecule has 1 aliphatic rings. The van der Waals surface area contributed by atoms with E-state index in [9.17, 15) is 0 Å². The smallest absolute Gasteiger partial charge is 0.134 e. The molecular weight excluding hydrogens is 254 g/mol. The van der Waals surface area contributed by atoms with Crippen LogP contribution >= 0.6 is 22.9 Å². The minimum absolute atomic E-state index is 0.553. The Bertz CT molecular complexity index is 548. The minimum atomic E-state index is 0.553. The maximum Gasteiger partial charge on any atom is 0.134 e. The van der Waals surface area contributed by atoms with E-state index < -0.39 is 0 Å². The first-order valence-electron chi connectivity index (χ1n) is 5.58. The van der Waals surface area contributed by atoms with Gasteiger partial charge in [-0.3, -0.25) is 0 Å². The number of nitrogens with zero attached hydrogens (tertiary/aromatic N) is 2. The predicted octanol–water partition coefficient (Wildman–Crippen LogP) is 3.78. The third-order valence-corrected chi connectivity index (χ3v) is 4.02. The Kier molecular flexibility index (Phi) is 2.76. The second kappa shape index (κ2) is 4.27. The Morgan fingerprint density at radius 2 is 2.18 bits per heavy atom. The van der Waals surface area contributed by atoms with Crippen molar-refractivity contribution in [2.24, 2.45) is 0 Å². The first-order valence-corrected chi connectivity index (χ1v) is 6.78. The quantitative estimate of drug-likeness (QED) is 0.918. The molecule has 1 N–H and O–H groups in total. The number of hydrogen-bond acceptors (Lipinski definition) is 4. The Morgan fingerprint density at radius 3 is 2.76 bits per heavy atom. The highest BCUT2D eigenvalue weighted by Gasteiger charge is 2.27. The van der Waals surface area contributed by atoms with Crippen molar-refractivity contribution in [3.8, 4) is 10.6 Å². The van der Waals surface area contributed by atoms with Gasteiger partial charge in [-0.1, -0.05) is 11.6 Å². The van der Waals surface area contributed by atoms with Crippen molar-refractivity contribution in [3.05, 3.63) is 28.4 Å². The average Bonchev–Trinajstić information content (AvgIpc) is 3.11. The molecule has 1 fully saturated rings. The summed E-state index contributed by atoms with van der Waals surface area (Å²) in [5.74, 6) is 2.38. The molecule has 0 saturated heterocycles. The van der Waals surface area contributed by atoms with E-state index in [1.807, 2.05) is 25.2 Å². The molecule has 1 aliphatic carbocycles. The van der Waals surface area contributed by atoms with Crippen molar-refractivity contribution < 1.29 is 0 Å². The molecule has 0 spiro atoms. The van der Waals surface area contributed by atoms with Crippen molar-refractivity contribution in [2.75, 3.05) is 12.4 Å². The lowest BCUT2D eigenvalue weighted by atomic mass is 10.3. The topological polar surface area (TPSA) is 37.8 Å². The van der Waals surface area contributed by atoms with Crippen LogP contribution < -0.4 is 5.32 Å². The molecule has 0 radical (unpaired) electrons. The summed E-state index contributed by atoms with van der Waals surface area (Å²) in [5, 5.41) is 3.09. The van der Waals surface area contributed by atoms with Crippen LogP contribution in [-0.4, -0.2) is 17.0 Å². The Balaban J connectivity index is 2.05. The highest BCUT2D eigenvalue weighted by molar-refractivity contribution is 7.19. The zero-order valence-corrected chi connectivity index (χ0v) is 11.0. The maximum atomic E-state index is 5.96. The summed E-state index contributed by atoms with van der Waals surface area (Å²) in [7, 11) is 1.88. The number of rotatable bonds is 3. The zero-order valence-electron chi connectivity index (χ0n) is 9.40. The second-order valence-corrected chi connectivity index (χ2v) is 5.84. The molecule has 2 aromatic heterocycles. The van der Waals surface area contributed by atoms with Gasteiger partial charge in [-0.25, -0.2) is 9.97 Å². The van der Waals surface area contributed by atoms with Crippen LogP contribution in [0.2, 0.25) is 4.34 Å². The molecule has 5 heteroatoms. The molecule has 0 unspecified atom stereocenters. The second-order valence-electron chi connectivity index (χ2n) is 4.12. The van der Waals surface area contributed by atoms with Crippen molar-refractivity contribution >= 4 is 28.8 Å². The van der Waals surface area contributed by atoms with Gasteiger partial charge in [-0.05, 0) is 25.0 Å². The number of halogens is 1. The van der Waals surface area contributed by atoms with Gasteiger partial charge in [0.15, 0.2) is 0 Å². The van der Waals surface area contributed by atoms with Crippen LogP contribution in [0.15, 0.2) is 18.2 Å². The Morgan fingerprint density at radius 1 is 1.35 bits per heavy atom. The largest absolute Gasteiger partial charge is 0.373 e. The lowest BCUT2D eigenvalue weighted by Gasteiger charge is -2.05. The number of nitrogens with one attached hydrogen (secondary N) is 1. The fraction of sp³-hybridized carbons (Fsp3) is 0.333. The fourth-order valence-corrected chi connectivity index (χ4v) is 2.70. The molecule has 0 amide bonds. The number of thiophene rings is 1. The number of aromatic nitrogens is 2. The molecule has 88 valence electrons. The van der Waals surface area contributed by atoms with Crippen LogP contribution in [0.4, 0.5) is 5.82 Å². The maximum absolute atomic E-state index is 5.96. The van der Waals surface area contributed by atoms with Gasteiger partial charge in [-0.15, -0.1) is 11.3 Å². The van der Waals surface area contributed by atoms with Crippen molar-refractivity contribution in [1.29, 1.82) is 0 Å². The number of hydrogen-bond donors (Lipinski definition) is 1. The predicted molar refractivity (Wildman–Crippen MR) is 71.9 cm³/mol. The van der Waals surface area contributed by atoms with Crippen LogP contribution in [0.25, 0.3) is 10.6 Å². The molecule has 2 heterocycles. The normalized spacial score (nSPS) is 14.9. The molecular formula is C12H12ClN3S. The van der Waals surface area contributed by atoms with Crippen LogP contribution in [-0.2, 0) is 0 Å². The molecule has 3 rings (SSSR count). The lowest BCUT2D eigenvalue weighted by Crippen LogP contribution is -2.00. The van der Waals surface area contributed by atoms with Gasteiger partial charge in [-0.2, -0.15) is 0 Å². The van der Waals surface area contributed by atoms with Gasteiger partial charge in [0.25, 0.3) is 0 Å². The summed E-state index contributed by atoms with van der Waals surface area (Å²) in [4.78, 5) is 10.2. The van der Waals surface area contributed by atoms with E-state index in [4.69, 9.17) is 11.6 Å². The van der Waals surface area contributed by atoms with E-state index in [0.29, 0.717) is 5.92 Å². The average molecular weight is 266 g/mol.